The predicted octanol–water partition coefficient (Wildman–Crippen LogP) is 3.84. The van der Waals surface area contributed by atoms with E-state index in [1.807, 2.05) is 23.1 Å². The summed E-state index contributed by atoms with van der Waals surface area (Å²) >= 11 is 1.80. The molecule has 140 valence electrons. The van der Waals surface area contributed by atoms with Crippen molar-refractivity contribution in [3.8, 4) is 0 Å². The number of aromatic amines is 1. The Morgan fingerprint density at radius 1 is 1.33 bits per heavy atom. The number of fused-ring (bicyclic) bond motifs is 2. The van der Waals surface area contributed by atoms with Crippen LogP contribution >= 0.6 is 11.3 Å². The molecule has 1 aliphatic rings. The molecule has 0 bridgehead atoms. The van der Waals surface area contributed by atoms with Gasteiger partial charge in [0, 0.05) is 24.3 Å². The van der Waals surface area contributed by atoms with Gasteiger partial charge in [0.1, 0.15) is 5.82 Å². The van der Waals surface area contributed by atoms with E-state index >= 15 is 0 Å². The summed E-state index contributed by atoms with van der Waals surface area (Å²) < 4.78 is 0. The maximum absolute atomic E-state index is 12.8. The molecule has 1 aromatic carbocycles. The molecule has 1 atom stereocenters. The van der Waals surface area contributed by atoms with Crippen LogP contribution in [0.1, 0.15) is 48.5 Å². The van der Waals surface area contributed by atoms with Gasteiger partial charge in [-0.2, -0.15) is 0 Å². The molecular formula is C21H23N3O2S. The number of carbonyl (C=O) groups excluding carboxylic acids is 1. The lowest BCUT2D eigenvalue weighted by atomic mass is 9.97. The molecule has 6 heteroatoms. The second kappa shape index (κ2) is 7.64. The number of nitrogens with one attached hydrogen (secondary N) is 1. The van der Waals surface area contributed by atoms with Crippen LogP contribution in [-0.4, -0.2) is 27.3 Å². The summed E-state index contributed by atoms with van der Waals surface area (Å²) in [5.74, 6) is 0.846. The molecule has 0 saturated heterocycles. The van der Waals surface area contributed by atoms with E-state index in [-0.39, 0.29) is 17.5 Å². The second-order valence-corrected chi connectivity index (χ2v) is 7.94. The van der Waals surface area contributed by atoms with Gasteiger partial charge in [-0.15, -0.1) is 11.3 Å². The number of para-hydroxylation sites is 1. The Morgan fingerprint density at radius 2 is 2.19 bits per heavy atom. The molecule has 0 spiro atoms. The quantitative estimate of drug-likeness (QED) is 0.730. The minimum atomic E-state index is -0.117. The molecule has 4 rings (SSSR count). The van der Waals surface area contributed by atoms with Gasteiger partial charge in [0.05, 0.1) is 16.9 Å². The van der Waals surface area contributed by atoms with Crippen molar-refractivity contribution in [2.45, 2.75) is 45.1 Å². The zero-order valence-corrected chi connectivity index (χ0v) is 16.2. The van der Waals surface area contributed by atoms with Gasteiger partial charge in [0.15, 0.2) is 0 Å². The maximum atomic E-state index is 12.8. The highest BCUT2D eigenvalue weighted by molar-refractivity contribution is 7.10. The van der Waals surface area contributed by atoms with Crippen molar-refractivity contribution in [2.24, 2.45) is 0 Å². The highest BCUT2D eigenvalue weighted by Gasteiger charge is 2.29. The summed E-state index contributed by atoms with van der Waals surface area (Å²) in [6, 6.07) is 9.69. The molecule has 0 aliphatic carbocycles. The summed E-state index contributed by atoms with van der Waals surface area (Å²) in [6.45, 7) is 2.94. The van der Waals surface area contributed by atoms with E-state index in [2.05, 4.69) is 28.3 Å². The zero-order valence-electron chi connectivity index (χ0n) is 15.4. The van der Waals surface area contributed by atoms with E-state index < -0.39 is 0 Å². The van der Waals surface area contributed by atoms with Crippen LogP contribution in [0.25, 0.3) is 10.9 Å². The summed E-state index contributed by atoms with van der Waals surface area (Å²) in [5.41, 5.74) is 1.91. The van der Waals surface area contributed by atoms with Gasteiger partial charge in [-0.05, 0) is 48.4 Å². The number of nitrogens with zero attached hydrogens (tertiary/aromatic N) is 2. The fourth-order valence-electron chi connectivity index (χ4n) is 3.94. The van der Waals surface area contributed by atoms with Crippen molar-refractivity contribution in [2.75, 3.05) is 6.54 Å². The van der Waals surface area contributed by atoms with Crippen LogP contribution in [0.15, 0.2) is 40.5 Å². The lowest BCUT2D eigenvalue weighted by Gasteiger charge is -2.35. The first-order chi connectivity index (χ1) is 13.2. The van der Waals surface area contributed by atoms with Crippen molar-refractivity contribution >= 4 is 28.1 Å². The number of benzene rings is 1. The molecule has 1 unspecified atom stereocenters. The van der Waals surface area contributed by atoms with Gasteiger partial charge < -0.3 is 9.88 Å². The third-order valence-corrected chi connectivity index (χ3v) is 6.26. The molecule has 0 fully saturated rings. The summed E-state index contributed by atoms with van der Waals surface area (Å²) in [4.78, 5) is 35.8. The Labute approximate surface area is 162 Å². The number of rotatable bonds is 5. The second-order valence-electron chi connectivity index (χ2n) is 6.94. The lowest BCUT2D eigenvalue weighted by Crippen LogP contribution is -2.39. The van der Waals surface area contributed by atoms with Crippen LogP contribution in [0.3, 0.4) is 0 Å². The predicted molar refractivity (Wildman–Crippen MR) is 108 cm³/mol. The van der Waals surface area contributed by atoms with Crippen LogP contribution in [0.4, 0.5) is 0 Å². The standard InChI is InChI=1S/C21H23N3O2S/c1-2-17-15-11-13-27-18(15)10-12-24(17)20(25)9-5-8-19-22-16-7-4-3-6-14(16)21(26)23-19/h3-4,6-7,11,13,17H,2,5,8-10,12H2,1H3,(H,22,23,26). The number of amides is 1. The van der Waals surface area contributed by atoms with Gasteiger partial charge >= 0.3 is 0 Å². The number of carbonyl (C=O) groups is 1. The molecule has 27 heavy (non-hydrogen) atoms. The molecule has 1 aliphatic heterocycles. The third-order valence-electron chi connectivity index (χ3n) is 5.27. The largest absolute Gasteiger partial charge is 0.335 e. The van der Waals surface area contributed by atoms with Crippen LogP contribution in [0.5, 0.6) is 0 Å². The summed E-state index contributed by atoms with van der Waals surface area (Å²) in [6.07, 6.45) is 3.65. The Balaban J connectivity index is 1.41. The molecule has 2 aromatic heterocycles. The average molecular weight is 382 g/mol. The first kappa shape index (κ1) is 17.9. The topological polar surface area (TPSA) is 66.1 Å². The normalized spacial score (nSPS) is 16.5. The lowest BCUT2D eigenvalue weighted by molar-refractivity contribution is -0.134. The van der Waals surface area contributed by atoms with Crippen molar-refractivity contribution in [3.05, 3.63) is 62.3 Å². The number of hydrogen-bond acceptors (Lipinski definition) is 4. The average Bonchev–Trinajstić information content (AvgIpc) is 3.16. The van der Waals surface area contributed by atoms with Crippen LogP contribution in [0, 0.1) is 0 Å². The molecule has 0 radical (unpaired) electrons. The van der Waals surface area contributed by atoms with E-state index in [1.165, 1.54) is 10.4 Å². The van der Waals surface area contributed by atoms with Crippen molar-refractivity contribution < 1.29 is 4.79 Å². The van der Waals surface area contributed by atoms with E-state index in [0.717, 1.165) is 19.4 Å². The molecule has 3 heterocycles. The first-order valence-corrected chi connectivity index (χ1v) is 10.4. The summed E-state index contributed by atoms with van der Waals surface area (Å²) in [7, 11) is 0. The number of thiophene rings is 1. The van der Waals surface area contributed by atoms with Gasteiger partial charge in [0.25, 0.3) is 5.56 Å². The van der Waals surface area contributed by atoms with E-state index in [1.54, 1.807) is 17.4 Å². The Bertz CT molecular complexity index is 1020. The number of aromatic nitrogens is 2. The monoisotopic (exact) mass is 381 g/mol. The number of H-pyrrole nitrogens is 1. The van der Waals surface area contributed by atoms with Crippen LogP contribution in [0.2, 0.25) is 0 Å². The van der Waals surface area contributed by atoms with Crippen molar-refractivity contribution in [1.29, 1.82) is 0 Å². The minimum absolute atomic E-state index is 0.117. The van der Waals surface area contributed by atoms with E-state index in [4.69, 9.17) is 0 Å². The minimum Gasteiger partial charge on any atom is -0.335 e. The highest BCUT2D eigenvalue weighted by Crippen LogP contribution is 2.35. The Kier molecular flexibility index (Phi) is 5.07. The van der Waals surface area contributed by atoms with E-state index in [0.29, 0.717) is 36.0 Å². The van der Waals surface area contributed by atoms with Gasteiger partial charge in [-0.25, -0.2) is 4.98 Å². The van der Waals surface area contributed by atoms with Crippen LogP contribution < -0.4 is 5.56 Å². The molecule has 1 amide bonds. The fraction of sp³-hybridized carbons (Fsp3) is 0.381. The van der Waals surface area contributed by atoms with Crippen molar-refractivity contribution in [3.63, 3.8) is 0 Å². The molecule has 0 saturated carbocycles. The van der Waals surface area contributed by atoms with E-state index in [9.17, 15) is 9.59 Å². The zero-order chi connectivity index (χ0) is 18.8. The van der Waals surface area contributed by atoms with Gasteiger partial charge in [0.2, 0.25) is 5.91 Å². The SMILES string of the molecule is CCC1c2ccsc2CCN1C(=O)CCCc1nc2ccccc2c(=O)[nH]1. The number of hydrogen-bond donors (Lipinski definition) is 1. The summed E-state index contributed by atoms with van der Waals surface area (Å²) in [5, 5.41) is 2.73. The number of aryl methyl sites for hydroxylation is 1. The van der Waals surface area contributed by atoms with Crippen molar-refractivity contribution in [1.82, 2.24) is 14.9 Å². The molecule has 5 nitrogen and oxygen atoms in total. The smallest absolute Gasteiger partial charge is 0.258 e. The maximum Gasteiger partial charge on any atom is 0.258 e. The van der Waals surface area contributed by atoms with Gasteiger partial charge in [-0.3, -0.25) is 9.59 Å². The Hall–Kier alpha value is -2.47. The van der Waals surface area contributed by atoms with Crippen LogP contribution in [-0.2, 0) is 17.6 Å². The highest BCUT2D eigenvalue weighted by atomic mass is 32.1. The molecular weight excluding hydrogens is 358 g/mol. The first-order valence-electron chi connectivity index (χ1n) is 9.51. The van der Waals surface area contributed by atoms with Gasteiger partial charge in [-0.1, -0.05) is 19.1 Å². The third kappa shape index (κ3) is 3.54. The molecule has 1 N–H and O–H groups in total. The molecule has 3 aromatic rings. The fourth-order valence-corrected chi connectivity index (χ4v) is 4.87. The Morgan fingerprint density at radius 3 is 3.04 bits per heavy atom.